The van der Waals surface area contributed by atoms with Crippen molar-refractivity contribution in [2.75, 3.05) is 6.54 Å². The van der Waals surface area contributed by atoms with Gasteiger partial charge in [0.05, 0.1) is 0 Å². The SMILES string of the molecule is CCn1cccc1CNCCC1CCC(C)CC1. The second-order valence-electron chi connectivity index (χ2n) is 5.88. The van der Waals surface area contributed by atoms with E-state index < -0.39 is 0 Å². The summed E-state index contributed by atoms with van der Waals surface area (Å²) >= 11 is 0. The van der Waals surface area contributed by atoms with E-state index in [1.54, 1.807) is 0 Å². The summed E-state index contributed by atoms with van der Waals surface area (Å²) in [7, 11) is 0. The monoisotopic (exact) mass is 248 g/mol. The predicted octanol–water partition coefficient (Wildman–Crippen LogP) is 3.81. The smallest absolute Gasteiger partial charge is 0.0359 e. The lowest BCUT2D eigenvalue weighted by Crippen LogP contribution is -2.21. The van der Waals surface area contributed by atoms with Gasteiger partial charge in [-0.15, -0.1) is 0 Å². The van der Waals surface area contributed by atoms with Gasteiger partial charge in [0.1, 0.15) is 0 Å². The maximum atomic E-state index is 3.60. The van der Waals surface area contributed by atoms with Crippen molar-refractivity contribution in [2.24, 2.45) is 11.8 Å². The molecule has 2 heteroatoms. The molecule has 0 saturated heterocycles. The molecule has 0 bridgehead atoms. The Balaban J connectivity index is 1.61. The lowest BCUT2D eigenvalue weighted by atomic mass is 9.81. The molecular formula is C16H28N2. The van der Waals surface area contributed by atoms with Crippen LogP contribution in [0.15, 0.2) is 18.3 Å². The number of aryl methyl sites for hydroxylation is 1. The summed E-state index contributed by atoms with van der Waals surface area (Å²) in [4.78, 5) is 0. The van der Waals surface area contributed by atoms with E-state index in [0.717, 1.165) is 24.9 Å². The average Bonchev–Trinajstić information content (AvgIpc) is 2.84. The molecule has 1 fully saturated rings. The van der Waals surface area contributed by atoms with Crippen LogP contribution in [0.2, 0.25) is 0 Å². The Hall–Kier alpha value is -0.760. The third-order valence-corrected chi connectivity index (χ3v) is 4.44. The van der Waals surface area contributed by atoms with Gasteiger partial charge in [-0.25, -0.2) is 0 Å². The van der Waals surface area contributed by atoms with E-state index >= 15 is 0 Å². The highest BCUT2D eigenvalue weighted by Gasteiger charge is 2.17. The van der Waals surface area contributed by atoms with E-state index in [0.29, 0.717) is 0 Å². The molecular weight excluding hydrogens is 220 g/mol. The van der Waals surface area contributed by atoms with Gasteiger partial charge in [0.2, 0.25) is 0 Å². The first kappa shape index (κ1) is 13.7. The Morgan fingerprint density at radius 2 is 2.06 bits per heavy atom. The molecule has 18 heavy (non-hydrogen) atoms. The lowest BCUT2D eigenvalue weighted by Gasteiger charge is -2.26. The fourth-order valence-corrected chi connectivity index (χ4v) is 3.06. The maximum absolute atomic E-state index is 3.60. The molecule has 1 saturated carbocycles. The Morgan fingerprint density at radius 3 is 2.78 bits per heavy atom. The van der Waals surface area contributed by atoms with Gasteiger partial charge in [-0.1, -0.05) is 32.6 Å². The zero-order valence-electron chi connectivity index (χ0n) is 12.0. The highest BCUT2D eigenvalue weighted by Crippen LogP contribution is 2.29. The van der Waals surface area contributed by atoms with E-state index in [-0.39, 0.29) is 0 Å². The van der Waals surface area contributed by atoms with Crippen LogP contribution in [0.1, 0.15) is 51.6 Å². The second-order valence-corrected chi connectivity index (χ2v) is 5.88. The molecule has 1 N–H and O–H groups in total. The van der Waals surface area contributed by atoms with Crippen LogP contribution in [0.5, 0.6) is 0 Å². The summed E-state index contributed by atoms with van der Waals surface area (Å²) in [5.74, 6) is 1.95. The van der Waals surface area contributed by atoms with Crippen molar-refractivity contribution in [3.05, 3.63) is 24.0 Å². The van der Waals surface area contributed by atoms with Crippen molar-refractivity contribution in [1.82, 2.24) is 9.88 Å². The number of hydrogen-bond donors (Lipinski definition) is 1. The standard InChI is InChI=1S/C16H28N2/c1-3-18-12-4-5-16(18)13-17-11-10-15-8-6-14(2)7-9-15/h4-5,12,14-15,17H,3,6-11,13H2,1-2H3. The minimum Gasteiger partial charge on any atom is -0.351 e. The molecule has 2 rings (SSSR count). The van der Waals surface area contributed by atoms with Crippen LogP contribution >= 0.6 is 0 Å². The zero-order chi connectivity index (χ0) is 12.8. The van der Waals surface area contributed by atoms with Crippen LogP contribution in [0.4, 0.5) is 0 Å². The molecule has 0 spiro atoms. The first-order chi connectivity index (χ1) is 8.79. The third-order valence-electron chi connectivity index (χ3n) is 4.44. The van der Waals surface area contributed by atoms with Crippen LogP contribution in [-0.4, -0.2) is 11.1 Å². The topological polar surface area (TPSA) is 17.0 Å². The summed E-state index contributed by atoms with van der Waals surface area (Å²) < 4.78 is 2.31. The number of rotatable bonds is 6. The lowest BCUT2D eigenvalue weighted by molar-refractivity contribution is 0.275. The van der Waals surface area contributed by atoms with E-state index in [4.69, 9.17) is 0 Å². The molecule has 1 aliphatic rings. The van der Waals surface area contributed by atoms with Crippen molar-refractivity contribution < 1.29 is 0 Å². The minimum absolute atomic E-state index is 0.974. The van der Waals surface area contributed by atoms with Gasteiger partial charge in [0.15, 0.2) is 0 Å². The molecule has 1 heterocycles. The Morgan fingerprint density at radius 1 is 1.28 bits per heavy atom. The summed E-state index contributed by atoms with van der Waals surface area (Å²) in [5, 5.41) is 3.60. The quantitative estimate of drug-likeness (QED) is 0.757. The minimum atomic E-state index is 0.974. The molecule has 0 unspecified atom stereocenters. The first-order valence-electron chi connectivity index (χ1n) is 7.64. The number of aromatic nitrogens is 1. The Kier molecular flexibility index (Phi) is 5.30. The number of nitrogens with one attached hydrogen (secondary N) is 1. The van der Waals surface area contributed by atoms with E-state index in [2.05, 4.69) is 42.1 Å². The van der Waals surface area contributed by atoms with Crippen LogP contribution < -0.4 is 5.32 Å². The molecule has 1 aromatic heterocycles. The highest BCUT2D eigenvalue weighted by molar-refractivity contribution is 5.06. The number of nitrogens with zero attached hydrogens (tertiary/aromatic N) is 1. The van der Waals surface area contributed by atoms with Gasteiger partial charge >= 0.3 is 0 Å². The Bertz CT molecular complexity index is 335. The second kappa shape index (κ2) is 6.98. The van der Waals surface area contributed by atoms with E-state index in [1.165, 1.54) is 44.3 Å². The van der Waals surface area contributed by atoms with Crippen LogP contribution in [-0.2, 0) is 13.1 Å². The van der Waals surface area contributed by atoms with Crippen LogP contribution in [0.25, 0.3) is 0 Å². The molecule has 0 amide bonds. The number of hydrogen-bond acceptors (Lipinski definition) is 1. The first-order valence-corrected chi connectivity index (χ1v) is 7.64. The van der Waals surface area contributed by atoms with E-state index in [9.17, 15) is 0 Å². The molecule has 0 atom stereocenters. The highest BCUT2D eigenvalue weighted by atomic mass is 15.0. The maximum Gasteiger partial charge on any atom is 0.0359 e. The van der Waals surface area contributed by atoms with Gasteiger partial charge in [-0.05, 0) is 43.9 Å². The molecule has 0 aliphatic heterocycles. The summed E-state index contributed by atoms with van der Waals surface area (Å²) in [6.07, 6.45) is 9.33. The molecule has 102 valence electrons. The van der Waals surface area contributed by atoms with Gasteiger partial charge < -0.3 is 9.88 Å². The van der Waals surface area contributed by atoms with Gasteiger partial charge in [-0.3, -0.25) is 0 Å². The molecule has 1 aromatic rings. The Labute approximate surface area is 112 Å². The summed E-state index contributed by atoms with van der Waals surface area (Å²) in [6, 6.07) is 4.36. The molecule has 2 nitrogen and oxygen atoms in total. The van der Waals surface area contributed by atoms with Gasteiger partial charge in [0, 0.05) is 25.0 Å². The van der Waals surface area contributed by atoms with Crippen molar-refractivity contribution in [1.29, 1.82) is 0 Å². The molecule has 0 aromatic carbocycles. The summed E-state index contributed by atoms with van der Waals surface area (Å²) in [6.45, 7) is 7.86. The summed E-state index contributed by atoms with van der Waals surface area (Å²) in [5.41, 5.74) is 1.41. The van der Waals surface area contributed by atoms with Crippen molar-refractivity contribution in [2.45, 2.75) is 59.0 Å². The van der Waals surface area contributed by atoms with Crippen LogP contribution in [0, 0.1) is 11.8 Å². The van der Waals surface area contributed by atoms with Crippen molar-refractivity contribution in [3.8, 4) is 0 Å². The average molecular weight is 248 g/mol. The largest absolute Gasteiger partial charge is 0.351 e. The van der Waals surface area contributed by atoms with Crippen LogP contribution in [0.3, 0.4) is 0 Å². The third kappa shape index (κ3) is 3.88. The van der Waals surface area contributed by atoms with Crippen molar-refractivity contribution in [3.63, 3.8) is 0 Å². The zero-order valence-corrected chi connectivity index (χ0v) is 12.0. The van der Waals surface area contributed by atoms with Gasteiger partial charge in [0.25, 0.3) is 0 Å². The van der Waals surface area contributed by atoms with Crippen molar-refractivity contribution >= 4 is 0 Å². The fourth-order valence-electron chi connectivity index (χ4n) is 3.06. The van der Waals surface area contributed by atoms with E-state index in [1.807, 2.05) is 0 Å². The fraction of sp³-hybridized carbons (Fsp3) is 0.750. The predicted molar refractivity (Wildman–Crippen MR) is 77.6 cm³/mol. The normalized spacial score (nSPS) is 24.3. The molecule has 0 radical (unpaired) electrons. The molecule has 1 aliphatic carbocycles. The van der Waals surface area contributed by atoms with Gasteiger partial charge in [-0.2, -0.15) is 0 Å².